The van der Waals surface area contributed by atoms with Gasteiger partial charge in [-0.1, -0.05) is 6.92 Å². The Morgan fingerprint density at radius 2 is 1.88 bits per heavy atom. The number of nitrogens with zero attached hydrogens (tertiary/aromatic N) is 1. The van der Waals surface area contributed by atoms with Gasteiger partial charge in [0.25, 0.3) is 0 Å². The Kier molecular flexibility index (Phi) is 5.14. The molecular weight excluding hydrogens is 306 g/mol. The number of amides is 1. The number of allylic oxidation sites excluding steroid dienone is 1. The van der Waals surface area contributed by atoms with Crippen LogP contribution in [0.3, 0.4) is 0 Å². The molecule has 1 heterocycles. The third-order valence-electron chi connectivity index (χ3n) is 5.08. The van der Waals surface area contributed by atoms with Gasteiger partial charge in [-0.05, 0) is 59.1 Å². The van der Waals surface area contributed by atoms with Gasteiger partial charge in [-0.2, -0.15) is 0 Å². The standard InChI is InChI=1S/C19H31NO4/c1-8-19(6,7)23-11-15-13-9-16(21)12(2)14(13)10-20(15)17(22)24-18(3,4)5/h13,15H,8-11H2,1-7H3/t13-,15+/m0/s1. The first kappa shape index (κ1) is 19.0. The minimum atomic E-state index is -0.540. The number of hydrogen-bond acceptors (Lipinski definition) is 4. The number of hydrogen-bond donors (Lipinski definition) is 0. The SMILES string of the molecule is CCC(C)(C)OC[C@@H]1[C@H]2CC(=O)C(C)=C2CN1C(=O)OC(C)(C)C. The molecule has 2 atom stereocenters. The van der Waals surface area contributed by atoms with Crippen LogP contribution in [0.15, 0.2) is 11.1 Å². The van der Waals surface area contributed by atoms with Crippen LogP contribution in [0.5, 0.6) is 0 Å². The lowest BCUT2D eigenvalue weighted by atomic mass is 9.97. The molecule has 1 aliphatic heterocycles. The van der Waals surface area contributed by atoms with E-state index in [9.17, 15) is 9.59 Å². The summed E-state index contributed by atoms with van der Waals surface area (Å²) in [6.45, 7) is 14.5. The molecule has 0 unspecified atom stereocenters. The number of ether oxygens (including phenoxy) is 2. The summed E-state index contributed by atoms with van der Waals surface area (Å²) >= 11 is 0. The van der Waals surface area contributed by atoms with Gasteiger partial charge >= 0.3 is 6.09 Å². The van der Waals surface area contributed by atoms with Crippen molar-refractivity contribution >= 4 is 11.9 Å². The number of carbonyl (C=O) groups is 2. The van der Waals surface area contributed by atoms with Crippen LogP contribution < -0.4 is 0 Å². The fourth-order valence-corrected chi connectivity index (χ4v) is 3.19. The zero-order valence-electron chi connectivity index (χ0n) is 16.1. The average Bonchev–Trinajstić information content (AvgIpc) is 2.93. The largest absolute Gasteiger partial charge is 0.444 e. The molecule has 2 rings (SSSR count). The van der Waals surface area contributed by atoms with Gasteiger partial charge in [0, 0.05) is 18.9 Å². The molecule has 1 saturated heterocycles. The lowest BCUT2D eigenvalue weighted by Gasteiger charge is -2.32. The van der Waals surface area contributed by atoms with Gasteiger partial charge in [-0.15, -0.1) is 0 Å². The fourth-order valence-electron chi connectivity index (χ4n) is 3.19. The minimum Gasteiger partial charge on any atom is -0.444 e. The normalized spacial score (nSPS) is 24.6. The Morgan fingerprint density at radius 1 is 1.25 bits per heavy atom. The lowest BCUT2D eigenvalue weighted by molar-refractivity contribution is -0.116. The van der Waals surface area contributed by atoms with Gasteiger partial charge in [0.2, 0.25) is 0 Å². The maximum absolute atomic E-state index is 12.6. The van der Waals surface area contributed by atoms with Crippen LogP contribution in [-0.4, -0.2) is 47.2 Å². The second kappa shape index (κ2) is 6.51. The van der Waals surface area contributed by atoms with Crippen molar-refractivity contribution in [2.45, 2.75) is 78.6 Å². The van der Waals surface area contributed by atoms with Crippen molar-refractivity contribution in [3.8, 4) is 0 Å². The minimum absolute atomic E-state index is 0.0673. The van der Waals surface area contributed by atoms with Gasteiger partial charge in [-0.25, -0.2) is 4.79 Å². The smallest absolute Gasteiger partial charge is 0.410 e. The van der Waals surface area contributed by atoms with Crippen molar-refractivity contribution in [3.63, 3.8) is 0 Å². The summed E-state index contributed by atoms with van der Waals surface area (Å²) in [6.07, 6.45) is 1.03. The number of likely N-dealkylation sites (tertiary alicyclic amines) is 1. The van der Waals surface area contributed by atoms with Crippen LogP contribution >= 0.6 is 0 Å². The molecule has 5 nitrogen and oxygen atoms in total. The topological polar surface area (TPSA) is 55.8 Å². The highest BCUT2D eigenvalue weighted by Gasteiger charge is 2.47. The molecule has 1 aliphatic carbocycles. The molecule has 2 aliphatic rings. The van der Waals surface area contributed by atoms with Crippen molar-refractivity contribution in [2.24, 2.45) is 5.92 Å². The van der Waals surface area contributed by atoms with Crippen LogP contribution in [-0.2, 0) is 14.3 Å². The van der Waals surface area contributed by atoms with E-state index in [0.29, 0.717) is 19.6 Å². The molecule has 5 heteroatoms. The summed E-state index contributed by atoms with van der Waals surface area (Å²) in [5.41, 5.74) is 1.10. The van der Waals surface area contributed by atoms with Crippen molar-refractivity contribution in [3.05, 3.63) is 11.1 Å². The molecular formula is C19H31NO4. The molecule has 136 valence electrons. The van der Waals surface area contributed by atoms with E-state index in [2.05, 4.69) is 6.92 Å². The molecule has 1 fully saturated rings. The third kappa shape index (κ3) is 4.00. The lowest BCUT2D eigenvalue weighted by Crippen LogP contribution is -2.45. The predicted octanol–water partition coefficient (Wildman–Crippen LogP) is 3.72. The van der Waals surface area contributed by atoms with Crippen molar-refractivity contribution < 1.29 is 19.1 Å². The average molecular weight is 337 g/mol. The number of ketones is 1. The molecule has 0 aromatic heterocycles. The maximum atomic E-state index is 12.6. The zero-order chi connectivity index (χ0) is 18.3. The van der Waals surface area contributed by atoms with E-state index < -0.39 is 5.60 Å². The highest BCUT2D eigenvalue weighted by Crippen LogP contribution is 2.41. The zero-order valence-corrected chi connectivity index (χ0v) is 16.1. The van der Waals surface area contributed by atoms with E-state index >= 15 is 0 Å². The number of carbonyl (C=O) groups excluding carboxylic acids is 2. The van der Waals surface area contributed by atoms with Crippen molar-refractivity contribution in [2.75, 3.05) is 13.2 Å². The van der Waals surface area contributed by atoms with Crippen LogP contribution in [0.2, 0.25) is 0 Å². The molecule has 24 heavy (non-hydrogen) atoms. The Hall–Kier alpha value is -1.36. The monoisotopic (exact) mass is 337 g/mol. The summed E-state index contributed by atoms with van der Waals surface area (Å²) in [5, 5.41) is 0. The second-order valence-corrected chi connectivity index (χ2v) is 8.48. The van der Waals surface area contributed by atoms with E-state index in [1.807, 2.05) is 41.5 Å². The van der Waals surface area contributed by atoms with Crippen LogP contribution in [0.25, 0.3) is 0 Å². The van der Waals surface area contributed by atoms with Crippen molar-refractivity contribution in [1.82, 2.24) is 4.90 Å². The quantitative estimate of drug-likeness (QED) is 0.784. The number of Topliss-reactive ketones (excluding diaryl/α,β-unsaturated/α-hetero) is 1. The van der Waals surface area contributed by atoms with Crippen LogP contribution in [0, 0.1) is 5.92 Å². The Labute approximate surface area is 145 Å². The Morgan fingerprint density at radius 3 is 2.42 bits per heavy atom. The molecule has 1 amide bonds. The van der Waals surface area contributed by atoms with E-state index in [0.717, 1.165) is 17.6 Å². The maximum Gasteiger partial charge on any atom is 0.410 e. The summed E-state index contributed by atoms with van der Waals surface area (Å²) in [6, 6.07) is -0.137. The molecule has 0 aromatic carbocycles. The molecule has 0 bridgehead atoms. The molecule has 0 spiro atoms. The fraction of sp³-hybridized carbons (Fsp3) is 0.789. The van der Waals surface area contributed by atoms with Crippen LogP contribution in [0.4, 0.5) is 4.79 Å². The first-order chi connectivity index (χ1) is 10.9. The number of rotatable bonds is 4. The van der Waals surface area contributed by atoms with E-state index in [1.165, 1.54) is 0 Å². The van der Waals surface area contributed by atoms with Crippen molar-refractivity contribution in [1.29, 1.82) is 0 Å². The Bertz CT molecular complexity index is 556. The van der Waals surface area contributed by atoms with E-state index in [4.69, 9.17) is 9.47 Å². The first-order valence-corrected chi connectivity index (χ1v) is 8.81. The van der Waals surface area contributed by atoms with E-state index in [1.54, 1.807) is 4.90 Å². The van der Waals surface area contributed by atoms with Gasteiger partial charge in [0.05, 0.1) is 18.2 Å². The highest BCUT2D eigenvalue weighted by molar-refractivity contribution is 5.99. The highest BCUT2D eigenvalue weighted by atomic mass is 16.6. The van der Waals surface area contributed by atoms with Gasteiger partial charge < -0.3 is 9.47 Å². The summed E-state index contributed by atoms with van der Waals surface area (Å²) < 4.78 is 11.6. The number of fused-ring (bicyclic) bond motifs is 1. The molecule has 0 N–H and O–H groups in total. The summed E-state index contributed by atoms with van der Waals surface area (Å²) in [7, 11) is 0. The Balaban J connectivity index is 2.21. The molecule has 0 radical (unpaired) electrons. The summed E-state index contributed by atoms with van der Waals surface area (Å²) in [5.74, 6) is 0.260. The van der Waals surface area contributed by atoms with Gasteiger partial charge in [0.1, 0.15) is 5.60 Å². The first-order valence-electron chi connectivity index (χ1n) is 8.81. The van der Waals surface area contributed by atoms with Crippen LogP contribution in [0.1, 0.15) is 61.3 Å². The summed E-state index contributed by atoms with van der Waals surface area (Å²) in [4.78, 5) is 26.4. The second-order valence-electron chi connectivity index (χ2n) is 8.48. The molecule has 0 saturated carbocycles. The van der Waals surface area contributed by atoms with Gasteiger partial charge in [-0.3, -0.25) is 9.69 Å². The molecule has 0 aromatic rings. The van der Waals surface area contributed by atoms with E-state index in [-0.39, 0.29) is 29.4 Å². The third-order valence-corrected chi connectivity index (χ3v) is 5.08. The van der Waals surface area contributed by atoms with Gasteiger partial charge in [0.15, 0.2) is 5.78 Å². The predicted molar refractivity (Wildman–Crippen MR) is 92.9 cm³/mol.